The fourth-order valence-electron chi connectivity index (χ4n) is 3.96. The summed E-state index contributed by atoms with van der Waals surface area (Å²) < 4.78 is 76.4. The Kier molecular flexibility index (Phi) is 10.9. The fraction of sp³-hybridized carbons (Fsp3) is 0.167. The summed E-state index contributed by atoms with van der Waals surface area (Å²) in [6, 6.07) is 14.8. The largest absolute Gasteiger partial charge is 0.490 e. The molecule has 5 rings (SSSR count). The Hall–Kier alpha value is -5.38. The SMILES string of the molecule is O=C(NCc1ccccn1)C1=Cc2c(ncnc2Nc2ccc(Oc3cccc(C(F)(F)F)c3)c(Cl)c2)NCC1.O=C(O)C(F)(F)F. The number of carboxylic acid groups (broad SMARTS) is 1. The molecule has 1 amide bonds. The summed E-state index contributed by atoms with van der Waals surface area (Å²) in [5.41, 5.74) is 1.59. The third-order valence-corrected chi connectivity index (χ3v) is 6.46. The molecule has 4 aromatic rings. The zero-order valence-corrected chi connectivity index (χ0v) is 24.5. The van der Waals surface area contributed by atoms with Crippen LogP contribution in [0.2, 0.25) is 5.02 Å². The average Bonchev–Trinajstić information content (AvgIpc) is 3.25. The predicted molar refractivity (Wildman–Crippen MR) is 159 cm³/mol. The Morgan fingerprint density at radius 2 is 1.74 bits per heavy atom. The minimum Gasteiger partial charge on any atom is -0.475 e. The molecule has 0 saturated carbocycles. The Balaban J connectivity index is 0.000000644. The number of nitrogens with one attached hydrogen (secondary N) is 3. The van der Waals surface area contributed by atoms with E-state index in [1.54, 1.807) is 30.5 Å². The van der Waals surface area contributed by atoms with Gasteiger partial charge in [0.2, 0.25) is 5.91 Å². The van der Waals surface area contributed by atoms with Gasteiger partial charge in [0, 0.05) is 24.0 Å². The molecule has 246 valence electrons. The lowest BCUT2D eigenvalue weighted by Gasteiger charge is -2.14. The van der Waals surface area contributed by atoms with Crippen molar-refractivity contribution in [2.75, 3.05) is 17.2 Å². The Morgan fingerprint density at radius 3 is 2.40 bits per heavy atom. The van der Waals surface area contributed by atoms with Crippen LogP contribution in [0.4, 0.5) is 43.7 Å². The van der Waals surface area contributed by atoms with Crippen molar-refractivity contribution in [1.29, 1.82) is 0 Å². The maximum absolute atomic E-state index is 13.0. The second-order valence-electron chi connectivity index (χ2n) is 9.54. The van der Waals surface area contributed by atoms with E-state index in [1.807, 2.05) is 12.1 Å². The predicted octanol–water partition coefficient (Wildman–Crippen LogP) is 7.23. The van der Waals surface area contributed by atoms with Crippen molar-refractivity contribution in [2.45, 2.75) is 25.3 Å². The van der Waals surface area contributed by atoms with Crippen LogP contribution in [0.5, 0.6) is 11.5 Å². The van der Waals surface area contributed by atoms with Crippen LogP contribution in [0, 0.1) is 0 Å². The summed E-state index contributed by atoms with van der Waals surface area (Å²) >= 11 is 6.39. The number of carbonyl (C=O) groups is 2. The van der Waals surface area contributed by atoms with Gasteiger partial charge in [-0.3, -0.25) is 9.78 Å². The molecular formula is C30H23ClF6N6O4. The lowest BCUT2D eigenvalue weighted by atomic mass is 10.1. The van der Waals surface area contributed by atoms with Crippen molar-refractivity contribution in [3.63, 3.8) is 0 Å². The molecule has 0 fully saturated rings. The van der Waals surface area contributed by atoms with Gasteiger partial charge in [-0.05, 0) is 61.0 Å². The van der Waals surface area contributed by atoms with Crippen LogP contribution >= 0.6 is 11.6 Å². The fourth-order valence-corrected chi connectivity index (χ4v) is 4.18. The first-order valence-corrected chi connectivity index (χ1v) is 13.8. The maximum atomic E-state index is 13.0. The summed E-state index contributed by atoms with van der Waals surface area (Å²) in [7, 11) is 0. The second-order valence-corrected chi connectivity index (χ2v) is 9.94. The molecule has 0 atom stereocenters. The van der Waals surface area contributed by atoms with Crippen molar-refractivity contribution in [1.82, 2.24) is 20.3 Å². The number of alkyl halides is 6. The van der Waals surface area contributed by atoms with E-state index in [-0.39, 0.29) is 22.4 Å². The van der Waals surface area contributed by atoms with Gasteiger partial charge < -0.3 is 25.8 Å². The monoisotopic (exact) mass is 680 g/mol. The van der Waals surface area contributed by atoms with Crippen molar-refractivity contribution in [2.24, 2.45) is 0 Å². The van der Waals surface area contributed by atoms with Crippen LogP contribution < -0.4 is 20.7 Å². The summed E-state index contributed by atoms with van der Waals surface area (Å²) in [6.45, 7) is 0.792. The number of ether oxygens (including phenoxy) is 1. The summed E-state index contributed by atoms with van der Waals surface area (Å²) in [5.74, 6) is -1.82. The Labute approximate surface area is 267 Å². The van der Waals surface area contributed by atoms with E-state index in [2.05, 4.69) is 30.9 Å². The van der Waals surface area contributed by atoms with Crippen molar-refractivity contribution in [3.8, 4) is 11.5 Å². The highest BCUT2D eigenvalue weighted by molar-refractivity contribution is 6.32. The number of aromatic nitrogens is 3. The number of pyridine rings is 1. The van der Waals surface area contributed by atoms with Gasteiger partial charge in [-0.25, -0.2) is 14.8 Å². The summed E-state index contributed by atoms with van der Waals surface area (Å²) in [4.78, 5) is 34.7. The number of fused-ring (bicyclic) bond motifs is 1. The molecule has 0 unspecified atom stereocenters. The molecule has 0 saturated heterocycles. The standard InChI is InChI=1S/C28H22ClF3N6O2.C2HF3O2/c29-23-14-19(7-8-24(23)40-21-6-3-4-18(13-21)28(30,31)32)38-26-22-12-17(9-11-34-25(22)36-16-37-26)27(39)35-15-20-5-1-2-10-33-20;3-2(4,5)1(6)7/h1-8,10,12-14,16H,9,11,15H2,(H,35,39)(H2,34,36,37,38);(H,6,7). The van der Waals surface area contributed by atoms with Gasteiger partial charge in [0.05, 0.1) is 28.4 Å². The van der Waals surface area contributed by atoms with Gasteiger partial charge in [-0.15, -0.1) is 0 Å². The highest BCUT2D eigenvalue weighted by atomic mass is 35.5. The normalized spacial score (nSPS) is 12.6. The van der Waals surface area contributed by atoms with E-state index in [9.17, 15) is 31.1 Å². The van der Waals surface area contributed by atoms with E-state index >= 15 is 0 Å². The molecule has 17 heteroatoms. The third-order valence-electron chi connectivity index (χ3n) is 6.16. The number of halogens is 7. The highest BCUT2D eigenvalue weighted by Gasteiger charge is 2.38. The number of hydrogen-bond donors (Lipinski definition) is 4. The summed E-state index contributed by atoms with van der Waals surface area (Å²) in [5, 5.41) is 16.6. The minimum absolute atomic E-state index is 0.00335. The molecule has 47 heavy (non-hydrogen) atoms. The third kappa shape index (κ3) is 9.80. The van der Waals surface area contributed by atoms with Crippen LogP contribution in [0.3, 0.4) is 0 Å². The number of nitrogens with zero attached hydrogens (tertiary/aromatic N) is 3. The number of hydrogen-bond acceptors (Lipinski definition) is 8. The topological polar surface area (TPSA) is 138 Å². The number of anilines is 3. The van der Waals surface area contributed by atoms with Gasteiger partial charge >= 0.3 is 18.3 Å². The second kappa shape index (κ2) is 14.8. The number of benzene rings is 2. The zero-order valence-electron chi connectivity index (χ0n) is 23.8. The maximum Gasteiger partial charge on any atom is 0.490 e. The van der Waals surface area contributed by atoms with E-state index in [4.69, 9.17) is 26.2 Å². The molecule has 4 N–H and O–H groups in total. The molecule has 2 aromatic carbocycles. The van der Waals surface area contributed by atoms with E-state index in [0.717, 1.165) is 17.8 Å². The molecule has 0 bridgehead atoms. The Morgan fingerprint density at radius 1 is 0.979 bits per heavy atom. The van der Waals surface area contributed by atoms with Gasteiger partial charge in [0.25, 0.3) is 0 Å². The molecule has 0 radical (unpaired) electrons. The first-order valence-electron chi connectivity index (χ1n) is 13.4. The van der Waals surface area contributed by atoms with Crippen molar-refractivity contribution >= 4 is 46.9 Å². The molecule has 1 aliphatic heterocycles. The number of carboxylic acids is 1. The van der Waals surface area contributed by atoms with E-state index in [0.29, 0.717) is 48.0 Å². The number of amides is 1. The molecule has 0 spiro atoms. The lowest BCUT2D eigenvalue weighted by Crippen LogP contribution is -2.25. The first-order chi connectivity index (χ1) is 22.2. The van der Waals surface area contributed by atoms with Crippen LogP contribution in [0.25, 0.3) is 6.08 Å². The van der Waals surface area contributed by atoms with Gasteiger partial charge in [-0.1, -0.05) is 23.7 Å². The van der Waals surface area contributed by atoms with Crippen LogP contribution in [0.15, 0.2) is 78.8 Å². The summed E-state index contributed by atoms with van der Waals surface area (Å²) in [6.07, 6.45) is -4.32. The molecule has 0 aliphatic carbocycles. The number of aliphatic carboxylic acids is 1. The quantitative estimate of drug-likeness (QED) is 0.149. The van der Waals surface area contributed by atoms with Crippen LogP contribution in [-0.4, -0.2) is 44.7 Å². The van der Waals surface area contributed by atoms with Gasteiger partial charge in [0.15, 0.2) is 0 Å². The first kappa shape index (κ1) is 34.5. The highest BCUT2D eigenvalue weighted by Crippen LogP contribution is 2.36. The van der Waals surface area contributed by atoms with Crippen LogP contribution in [-0.2, 0) is 22.3 Å². The van der Waals surface area contributed by atoms with Crippen LogP contribution in [0.1, 0.15) is 23.2 Å². The lowest BCUT2D eigenvalue weighted by molar-refractivity contribution is -0.192. The molecule has 2 aromatic heterocycles. The van der Waals surface area contributed by atoms with E-state index in [1.165, 1.54) is 24.5 Å². The van der Waals surface area contributed by atoms with Crippen molar-refractivity contribution < 1.29 is 45.8 Å². The number of carbonyl (C=O) groups excluding carboxylic acids is 1. The van der Waals surface area contributed by atoms with Crippen molar-refractivity contribution in [3.05, 3.63) is 101 Å². The van der Waals surface area contributed by atoms with E-state index < -0.39 is 23.9 Å². The molecule has 1 aliphatic rings. The molecule has 3 heterocycles. The molecular weight excluding hydrogens is 658 g/mol. The Bertz CT molecular complexity index is 1770. The van der Waals surface area contributed by atoms with Gasteiger partial charge in [-0.2, -0.15) is 26.3 Å². The smallest absolute Gasteiger partial charge is 0.475 e. The number of rotatable bonds is 7. The average molecular weight is 681 g/mol. The zero-order chi connectivity index (χ0) is 34.2. The minimum atomic E-state index is -5.08. The van der Waals surface area contributed by atoms with Gasteiger partial charge in [0.1, 0.15) is 29.5 Å². The molecule has 10 nitrogen and oxygen atoms in total.